The van der Waals surface area contributed by atoms with Gasteiger partial charge in [0.2, 0.25) is 5.28 Å². The van der Waals surface area contributed by atoms with Crippen molar-refractivity contribution in [1.29, 1.82) is 0 Å². The van der Waals surface area contributed by atoms with Crippen LogP contribution in [0.1, 0.15) is 38.2 Å². The topological polar surface area (TPSA) is 57.0 Å². The summed E-state index contributed by atoms with van der Waals surface area (Å²) in [5, 5.41) is 0.170. The van der Waals surface area contributed by atoms with Crippen molar-refractivity contribution in [3.05, 3.63) is 33.0 Å². The predicted molar refractivity (Wildman–Crippen MR) is 87.4 cm³/mol. The molecule has 0 bridgehead atoms. The number of hydrogen-bond acceptors (Lipinski definition) is 4. The molecule has 0 amide bonds. The highest BCUT2D eigenvalue weighted by atomic mass is 35.5. The zero-order valence-corrected chi connectivity index (χ0v) is 13.7. The largest absolute Gasteiger partial charge is 0.491 e. The van der Waals surface area contributed by atoms with Crippen molar-refractivity contribution in [3.63, 3.8) is 0 Å². The molecular weight excluding hydrogens is 302 g/mol. The highest BCUT2D eigenvalue weighted by molar-refractivity contribution is 6.28. The van der Waals surface area contributed by atoms with Gasteiger partial charge < -0.3 is 9.30 Å². The van der Waals surface area contributed by atoms with Crippen LogP contribution in [0.2, 0.25) is 5.28 Å². The maximum absolute atomic E-state index is 12.6. The number of fused-ring (bicyclic) bond motifs is 1. The van der Waals surface area contributed by atoms with E-state index in [4.69, 9.17) is 16.3 Å². The van der Waals surface area contributed by atoms with Crippen molar-refractivity contribution in [2.45, 2.75) is 32.6 Å². The molecule has 0 saturated carbocycles. The highest BCUT2D eigenvalue weighted by Gasteiger charge is 2.23. The number of allylic oxidation sites excluding steroid dienone is 2. The minimum Gasteiger partial charge on any atom is -0.491 e. The minimum atomic E-state index is -0.179. The third-order valence-corrected chi connectivity index (χ3v) is 4.50. The van der Waals surface area contributed by atoms with Crippen molar-refractivity contribution in [3.8, 4) is 5.75 Å². The Morgan fingerprint density at radius 1 is 1.32 bits per heavy atom. The van der Waals surface area contributed by atoms with Gasteiger partial charge in [-0.1, -0.05) is 5.57 Å². The van der Waals surface area contributed by atoms with E-state index in [1.807, 2.05) is 0 Å². The minimum absolute atomic E-state index is 0.170. The van der Waals surface area contributed by atoms with Gasteiger partial charge in [0.25, 0.3) is 5.56 Å². The first-order valence-corrected chi connectivity index (χ1v) is 7.70. The molecule has 0 N–H and O–H groups in total. The molecule has 0 atom stereocenters. The lowest BCUT2D eigenvalue weighted by atomic mass is 9.87. The third-order valence-electron chi connectivity index (χ3n) is 4.31. The van der Waals surface area contributed by atoms with Gasteiger partial charge in [-0.3, -0.25) is 4.79 Å². The molecule has 0 unspecified atom stereocenters. The van der Waals surface area contributed by atoms with Crippen LogP contribution in [0.15, 0.2) is 16.6 Å². The molecule has 116 valence electrons. The van der Waals surface area contributed by atoms with Gasteiger partial charge in [-0.05, 0) is 49.8 Å². The van der Waals surface area contributed by atoms with E-state index >= 15 is 0 Å². The number of methoxy groups -OCH3 is 1. The number of pyridine rings is 1. The number of aryl methyl sites for hydroxylation is 1. The second-order valence-corrected chi connectivity index (χ2v) is 5.95. The molecule has 1 aliphatic carbocycles. The molecule has 6 heteroatoms. The van der Waals surface area contributed by atoms with Gasteiger partial charge in [0.15, 0.2) is 5.75 Å². The Bertz CT molecular complexity index is 839. The second-order valence-electron chi connectivity index (χ2n) is 5.61. The Morgan fingerprint density at radius 2 is 2.05 bits per heavy atom. The number of nitrogens with zero attached hydrogens (tertiary/aromatic N) is 3. The van der Waals surface area contributed by atoms with Crippen LogP contribution in [-0.4, -0.2) is 21.6 Å². The predicted octanol–water partition coefficient (Wildman–Crippen LogP) is 3.34. The van der Waals surface area contributed by atoms with Crippen LogP contribution in [0.3, 0.4) is 0 Å². The Labute approximate surface area is 133 Å². The van der Waals surface area contributed by atoms with Gasteiger partial charge in [0.1, 0.15) is 5.52 Å². The quantitative estimate of drug-likeness (QED) is 0.797. The smallest absolute Gasteiger partial charge is 0.293 e. The standard InChI is InChI=1S/C16H18ClN3O2/c1-9-6-4-5-7-10(9)12-13-11(8-18-16(17)19-13)20(2)15(21)14(12)22-3/h8H,4-7H2,1-3H3. The first kappa shape index (κ1) is 15.0. The van der Waals surface area contributed by atoms with E-state index < -0.39 is 0 Å². The summed E-state index contributed by atoms with van der Waals surface area (Å²) in [6.07, 6.45) is 5.83. The summed E-state index contributed by atoms with van der Waals surface area (Å²) in [5.74, 6) is 0.334. The summed E-state index contributed by atoms with van der Waals surface area (Å²) in [7, 11) is 3.21. The van der Waals surface area contributed by atoms with E-state index in [9.17, 15) is 4.79 Å². The number of ether oxygens (including phenoxy) is 1. The zero-order chi connectivity index (χ0) is 15.9. The fraction of sp³-hybridized carbons (Fsp3) is 0.438. The van der Waals surface area contributed by atoms with Gasteiger partial charge in [0, 0.05) is 7.05 Å². The van der Waals surface area contributed by atoms with Crippen molar-refractivity contribution < 1.29 is 4.74 Å². The lowest BCUT2D eigenvalue weighted by Crippen LogP contribution is -2.22. The molecule has 5 nitrogen and oxygen atoms in total. The van der Waals surface area contributed by atoms with Crippen molar-refractivity contribution >= 4 is 28.2 Å². The molecule has 1 aliphatic rings. The molecule has 0 aromatic carbocycles. The van der Waals surface area contributed by atoms with Crippen LogP contribution in [0, 0.1) is 0 Å². The molecule has 0 radical (unpaired) electrons. The average Bonchev–Trinajstić information content (AvgIpc) is 2.51. The number of rotatable bonds is 2. The van der Waals surface area contributed by atoms with Crippen LogP contribution in [0.25, 0.3) is 16.6 Å². The molecule has 3 rings (SSSR count). The van der Waals surface area contributed by atoms with E-state index in [0.29, 0.717) is 16.8 Å². The molecule has 2 heterocycles. The van der Waals surface area contributed by atoms with Gasteiger partial charge in [0.05, 0.1) is 24.4 Å². The van der Waals surface area contributed by atoms with Crippen molar-refractivity contribution in [2.24, 2.45) is 7.05 Å². The van der Waals surface area contributed by atoms with E-state index in [2.05, 4.69) is 16.9 Å². The van der Waals surface area contributed by atoms with Crippen LogP contribution in [-0.2, 0) is 7.05 Å². The maximum Gasteiger partial charge on any atom is 0.293 e. The van der Waals surface area contributed by atoms with Crippen LogP contribution < -0.4 is 10.3 Å². The van der Waals surface area contributed by atoms with Gasteiger partial charge in [-0.15, -0.1) is 0 Å². The van der Waals surface area contributed by atoms with Crippen LogP contribution >= 0.6 is 11.6 Å². The van der Waals surface area contributed by atoms with Gasteiger partial charge >= 0.3 is 0 Å². The lowest BCUT2D eigenvalue weighted by molar-refractivity contribution is 0.404. The Kier molecular flexibility index (Phi) is 3.91. The third kappa shape index (κ3) is 2.29. The first-order valence-electron chi connectivity index (χ1n) is 7.32. The van der Waals surface area contributed by atoms with Gasteiger partial charge in [-0.2, -0.15) is 0 Å². The molecular formula is C16H18ClN3O2. The summed E-state index contributed by atoms with van der Waals surface area (Å²) >= 11 is 5.99. The highest BCUT2D eigenvalue weighted by Crippen LogP contribution is 2.38. The summed E-state index contributed by atoms with van der Waals surface area (Å²) in [6, 6.07) is 0. The lowest BCUT2D eigenvalue weighted by Gasteiger charge is -2.21. The SMILES string of the molecule is COc1c(C2=C(C)CCCC2)c2nc(Cl)ncc2n(C)c1=O. The first-order chi connectivity index (χ1) is 10.5. The van der Waals surface area contributed by atoms with Gasteiger partial charge in [-0.25, -0.2) is 9.97 Å². The summed E-state index contributed by atoms with van der Waals surface area (Å²) < 4.78 is 6.94. The van der Waals surface area contributed by atoms with E-state index in [0.717, 1.165) is 30.4 Å². The van der Waals surface area contributed by atoms with E-state index in [1.54, 1.807) is 13.2 Å². The number of halogens is 1. The number of aromatic nitrogens is 3. The van der Waals surface area contributed by atoms with E-state index in [-0.39, 0.29) is 10.8 Å². The fourth-order valence-electron chi connectivity index (χ4n) is 3.12. The molecule has 0 spiro atoms. The van der Waals surface area contributed by atoms with Crippen molar-refractivity contribution in [2.75, 3.05) is 7.11 Å². The zero-order valence-electron chi connectivity index (χ0n) is 12.9. The molecule has 0 saturated heterocycles. The molecule has 22 heavy (non-hydrogen) atoms. The maximum atomic E-state index is 12.6. The molecule has 0 fully saturated rings. The van der Waals surface area contributed by atoms with Crippen LogP contribution in [0.5, 0.6) is 5.75 Å². The number of hydrogen-bond donors (Lipinski definition) is 0. The van der Waals surface area contributed by atoms with Crippen molar-refractivity contribution in [1.82, 2.24) is 14.5 Å². The van der Waals surface area contributed by atoms with E-state index in [1.165, 1.54) is 23.7 Å². The Balaban J connectivity index is 2.48. The summed E-state index contributed by atoms with van der Waals surface area (Å²) in [6.45, 7) is 2.11. The van der Waals surface area contributed by atoms with Crippen LogP contribution in [0.4, 0.5) is 0 Å². The Morgan fingerprint density at radius 3 is 2.73 bits per heavy atom. The molecule has 2 aromatic rings. The average molecular weight is 320 g/mol. The normalized spacial score (nSPS) is 15.5. The molecule has 0 aliphatic heterocycles. The monoisotopic (exact) mass is 319 g/mol. The Hall–Kier alpha value is -1.88. The molecule has 2 aromatic heterocycles. The fourth-order valence-corrected chi connectivity index (χ4v) is 3.26. The summed E-state index contributed by atoms with van der Waals surface area (Å²) in [4.78, 5) is 21.0. The summed E-state index contributed by atoms with van der Waals surface area (Å²) in [5.41, 5.74) is 4.38. The second kappa shape index (κ2) is 5.72.